The maximum atomic E-state index is 9.00. The Hall–Kier alpha value is -0.910. The molecule has 5 heteroatoms. The van der Waals surface area contributed by atoms with Crippen LogP contribution in [0.2, 0.25) is 0 Å². The van der Waals surface area contributed by atoms with Gasteiger partial charge >= 0.3 is 0 Å². The van der Waals surface area contributed by atoms with Crippen LogP contribution in [-0.2, 0) is 14.3 Å². The van der Waals surface area contributed by atoms with Crippen LogP contribution in [0.25, 0.3) is 0 Å². The number of hydrogen-bond donors (Lipinski definition) is 2. The van der Waals surface area contributed by atoms with Crippen molar-refractivity contribution in [1.82, 2.24) is 0 Å². The lowest BCUT2D eigenvalue weighted by Crippen LogP contribution is -2.34. The normalized spacial score (nSPS) is 28.1. The zero-order valence-electron chi connectivity index (χ0n) is 9.92. The van der Waals surface area contributed by atoms with Gasteiger partial charge in [0.25, 0.3) is 5.97 Å². The fourth-order valence-electron chi connectivity index (χ4n) is 1.20. The van der Waals surface area contributed by atoms with Crippen LogP contribution in [0, 0.1) is 5.92 Å². The van der Waals surface area contributed by atoms with Crippen LogP contribution >= 0.6 is 0 Å². The summed E-state index contributed by atoms with van der Waals surface area (Å²) in [6.45, 7) is 5.69. The quantitative estimate of drug-likeness (QED) is 0.710. The van der Waals surface area contributed by atoms with Gasteiger partial charge in [0.15, 0.2) is 6.29 Å². The molecule has 1 aliphatic rings. The van der Waals surface area contributed by atoms with E-state index in [1.54, 1.807) is 0 Å². The molecule has 3 unspecified atom stereocenters. The highest BCUT2D eigenvalue weighted by Gasteiger charge is 2.23. The Kier molecular flexibility index (Phi) is 7.80. The minimum absolute atomic E-state index is 0.0507. The van der Waals surface area contributed by atoms with Crippen LogP contribution in [0.4, 0.5) is 0 Å². The number of aliphatic hydroxyl groups excluding tert-OH is 1. The number of hydrogen-bond acceptors (Lipinski definition) is 4. The Morgan fingerprint density at radius 1 is 1.50 bits per heavy atom. The number of carboxylic acid groups (broad SMARTS) is 1. The zero-order valence-corrected chi connectivity index (χ0v) is 9.92. The second-order valence-corrected chi connectivity index (χ2v) is 3.44. The highest BCUT2D eigenvalue weighted by Crippen LogP contribution is 2.18. The third-order valence-electron chi connectivity index (χ3n) is 1.98. The maximum Gasteiger partial charge on any atom is 0.300 e. The van der Waals surface area contributed by atoms with Crippen LogP contribution in [0.3, 0.4) is 0 Å². The topological polar surface area (TPSA) is 76.0 Å². The van der Waals surface area contributed by atoms with Crippen LogP contribution < -0.4 is 0 Å². The molecular weight excluding hydrogens is 212 g/mol. The Labute approximate surface area is 95.7 Å². The molecule has 0 amide bonds. The molecule has 0 aromatic carbocycles. The van der Waals surface area contributed by atoms with Crippen molar-refractivity contribution < 1.29 is 24.5 Å². The molecule has 94 valence electrons. The summed E-state index contributed by atoms with van der Waals surface area (Å²) in [7, 11) is 0. The summed E-state index contributed by atoms with van der Waals surface area (Å²) in [5, 5.41) is 16.3. The van der Waals surface area contributed by atoms with Gasteiger partial charge in [0.2, 0.25) is 0 Å². The van der Waals surface area contributed by atoms with Crippen molar-refractivity contribution in [1.29, 1.82) is 0 Å². The van der Waals surface area contributed by atoms with Gasteiger partial charge in [-0.2, -0.15) is 0 Å². The summed E-state index contributed by atoms with van der Waals surface area (Å²) in [6, 6.07) is 0. The Bertz CT molecular complexity index is 222. The highest BCUT2D eigenvalue weighted by atomic mass is 16.7. The lowest BCUT2D eigenvalue weighted by Gasteiger charge is -2.28. The molecule has 2 N–H and O–H groups in total. The molecule has 1 rings (SSSR count). The van der Waals surface area contributed by atoms with Crippen molar-refractivity contribution in [2.75, 3.05) is 13.2 Å². The summed E-state index contributed by atoms with van der Waals surface area (Å²) in [4.78, 5) is 9.00. The summed E-state index contributed by atoms with van der Waals surface area (Å²) in [5.41, 5.74) is 0. The first-order valence-electron chi connectivity index (χ1n) is 5.27. The van der Waals surface area contributed by atoms with Crippen LogP contribution in [0.5, 0.6) is 0 Å². The number of aliphatic hydroxyl groups is 1. The van der Waals surface area contributed by atoms with Crippen molar-refractivity contribution in [2.24, 2.45) is 5.92 Å². The van der Waals surface area contributed by atoms with E-state index in [0.717, 1.165) is 6.92 Å². The second-order valence-electron chi connectivity index (χ2n) is 3.44. The molecule has 0 aliphatic carbocycles. The molecule has 0 fully saturated rings. The number of aliphatic carboxylic acids is 1. The Morgan fingerprint density at radius 3 is 2.50 bits per heavy atom. The number of rotatable bonds is 3. The summed E-state index contributed by atoms with van der Waals surface area (Å²) >= 11 is 0. The first-order chi connectivity index (χ1) is 7.51. The molecular formula is C11H20O5. The monoisotopic (exact) mass is 232 g/mol. The average molecular weight is 232 g/mol. The molecule has 0 bridgehead atoms. The van der Waals surface area contributed by atoms with E-state index in [9.17, 15) is 0 Å². The minimum atomic E-state index is -0.833. The Balaban J connectivity index is 0.000000487. The average Bonchev–Trinajstić information content (AvgIpc) is 2.20. The molecule has 1 aliphatic heterocycles. The molecule has 0 saturated heterocycles. The predicted octanol–water partition coefficient (Wildman–Crippen LogP) is 1.02. The second kappa shape index (κ2) is 8.27. The molecule has 16 heavy (non-hydrogen) atoms. The van der Waals surface area contributed by atoms with Crippen molar-refractivity contribution in [2.45, 2.75) is 33.2 Å². The van der Waals surface area contributed by atoms with Gasteiger partial charge < -0.3 is 19.7 Å². The van der Waals surface area contributed by atoms with Gasteiger partial charge in [0.05, 0.1) is 12.7 Å². The van der Waals surface area contributed by atoms with Crippen LogP contribution in [0.1, 0.15) is 20.8 Å². The van der Waals surface area contributed by atoms with E-state index >= 15 is 0 Å². The smallest absolute Gasteiger partial charge is 0.300 e. The standard InChI is InChI=1S/C9H16O3.C2H4O2/c1-3-11-9-5-4-7(2)8(6-10)12-9;1-2(3)4/h4-5,7-10H,3,6H2,1-2H3;1H3,(H,3,4). The Morgan fingerprint density at radius 2 is 2.06 bits per heavy atom. The molecule has 0 aromatic heterocycles. The van der Waals surface area contributed by atoms with Crippen molar-refractivity contribution >= 4 is 5.97 Å². The van der Waals surface area contributed by atoms with Gasteiger partial charge in [-0.05, 0) is 13.0 Å². The lowest BCUT2D eigenvalue weighted by atomic mass is 10.0. The van der Waals surface area contributed by atoms with Crippen molar-refractivity contribution in [3.8, 4) is 0 Å². The lowest BCUT2D eigenvalue weighted by molar-refractivity contribution is -0.165. The third kappa shape index (κ3) is 6.55. The first-order valence-corrected chi connectivity index (χ1v) is 5.27. The van der Waals surface area contributed by atoms with Gasteiger partial charge in [-0.15, -0.1) is 0 Å². The van der Waals surface area contributed by atoms with Crippen LogP contribution in [0.15, 0.2) is 12.2 Å². The number of carbonyl (C=O) groups is 1. The SMILES string of the molecule is CC(=O)O.CCOC1C=CC(C)C(CO)O1. The maximum absolute atomic E-state index is 9.00. The van der Waals surface area contributed by atoms with Crippen molar-refractivity contribution in [3.63, 3.8) is 0 Å². The van der Waals surface area contributed by atoms with Gasteiger partial charge in [-0.3, -0.25) is 4.79 Å². The molecule has 3 atom stereocenters. The fraction of sp³-hybridized carbons (Fsp3) is 0.727. The molecule has 5 nitrogen and oxygen atoms in total. The molecule has 1 heterocycles. The van der Waals surface area contributed by atoms with E-state index in [1.807, 2.05) is 26.0 Å². The highest BCUT2D eigenvalue weighted by molar-refractivity contribution is 5.62. The molecule has 0 radical (unpaired) electrons. The van der Waals surface area contributed by atoms with Crippen molar-refractivity contribution in [3.05, 3.63) is 12.2 Å². The minimum Gasteiger partial charge on any atom is -0.481 e. The molecule has 0 aromatic rings. The molecule has 0 saturated carbocycles. The third-order valence-corrected chi connectivity index (χ3v) is 1.98. The summed E-state index contributed by atoms with van der Waals surface area (Å²) in [5.74, 6) is -0.563. The van der Waals surface area contributed by atoms with E-state index < -0.39 is 5.97 Å². The first kappa shape index (κ1) is 15.1. The van der Waals surface area contributed by atoms with Gasteiger partial charge in [-0.25, -0.2) is 0 Å². The van der Waals surface area contributed by atoms with Gasteiger partial charge in [0, 0.05) is 19.4 Å². The number of ether oxygens (including phenoxy) is 2. The van der Waals surface area contributed by atoms with Crippen LogP contribution in [-0.4, -0.2) is 41.8 Å². The van der Waals surface area contributed by atoms with Gasteiger partial charge in [0.1, 0.15) is 0 Å². The zero-order chi connectivity index (χ0) is 12.6. The predicted molar refractivity (Wildman–Crippen MR) is 59.0 cm³/mol. The van der Waals surface area contributed by atoms with E-state index in [-0.39, 0.29) is 24.9 Å². The van der Waals surface area contributed by atoms with Gasteiger partial charge in [-0.1, -0.05) is 13.0 Å². The number of carboxylic acids is 1. The van der Waals surface area contributed by atoms with E-state index in [0.29, 0.717) is 6.61 Å². The van der Waals surface area contributed by atoms with E-state index in [4.69, 9.17) is 24.5 Å². The summed E-state index contributed by atoms with van der Waals surface area (Å²) in [6.07, 6.45) is 3.51. The van der Waals surface area contributed by atoms with E-state index in [2.05, 4.69) is 0 Å². The van der Waals surface area contributed by atoms with E-state index in [1.165, 1.54) is 0 Å². The summed E-state index contributed by atoms with van der Waals surface area (Å²) < 4.78 is 10.7. The molecule has 0 spiro atoms. The fourth-order valence-corrected chi connectivity index (χ4v) is 1.20. The largest absolute Gasteiger partial charge is 0.481 e.